The first-order chi connectivity index (χ1) is 8.42. The Kier molecular flexibility index (Phi) is 2.62. The van der Waals surface area contributed by atoms with Crippen molar-refractivity contribution < 1.29 is 0 Å². The molecule has 0 bridgehead atoms. The topological polar surface area (TPSA) is 30.7 Å². The van der Waals surface area contributed by atoms with Gasteiger partial charge < -0.3 is 4.57 Å². The van der Waals surface area contributed by atoms with Crippen LogP contribution in [0.3, 0.4) is 0 Å². The Bertz CT molecular complexity index is 616. The van der Waals surface area contributed by atoms with E-state index in [1.54, 1.807) is 12.4 Å². The van der Waals surface area contributed by atoms with E-state index in [1.165, 1.54) is 0 Å². The SMILES string of the molecule is CC(Cl)c1nc2cncc(Cl)c2n1C1CC1(C)C. The quantitative estimate of drug-likeness (QED) is 0.767. The van der Waals surface area contributed by atoms with Crippen LogP contribution < -0.4 is 0 Å². The van der Waals surface area contributed by atoms with Crippen molar-refractivity contribution in [3.05, 3.63) is 23.2 Å². The summed E-state index contributed by atoms with van der Waals surface area (Å²) in [6.45, 7) is 6.44. The second-order valence-electron chi connectivity index (χ2n) is 5.65. The zero-order valence-corrected chi connectivity index (χ0v) is 12.1. The number of hydrogen-bond acceptors (Lipinski definition) is 2. The molecule has 0 spiro atoms. The molecule has 2 aromatic heterocycles. The van der Waals surface area contributed by atoms with Gasteiger partial charge in [0.25, 0.3) is 0 Å². The molecule has 3 rings (SSSR count). The fraction of sp³-hybridized carbons (Fsp3) is 0.538. The highest BCUT2D eigenvalue weighted by molar-refractivity contribution is 6.34. The molecule has 0 aromatic carbocycles. The highest BCUT2D eigenvalue weighted by Gasteiger charge is 2.49. The average Bonchev–Trinajstić information content (AvgIpc) is 2.73. The minimum absolute atomic E-state index is 0.134. The molecule has 0 radical (unpaired) electrons. The monoisotopic (exact) mass is 283 g/mol. The van der Waals surface area contributed by atoms with Gasteiger partial charge in [0.1, 0.15) is 11.3 Å². The lowest BCUT2D eigenvalue weighted by molar-refractivity contribution is 0.535. The van der Waals surface area contributed by atoms with Crippen molar-refractivity contribution in [3.8, 4) is 0 Å². The summed E-state index contributed by atoms with van der Waals surface area (Å²) in [5.41, 5.74) is 2.08. The molecule has 2 unspecified atom stereocenters. The van der Waals surface area contributed by atoms with Crippen LogP contribution in [0.5, 0.6) is 0 Å². The van der Waals surface area contributed by atoms with Crippen molar-refractivity contribution in [2.45, 2.75) is 38.6 Å². The number of fused-ring (bicyclic) bond motifs is 1. The first-order valence-corrected chi connectivity index (χ1v) is 6.88. The second-order valence-corrected chi connectivity index (χ2v) is 6.72. The number of aromatic nitrogens is 3. The smallest absolute Gasteiger partial charge is 0.128 e. The molecule has 0 aliphatic heterocycles. The van der Waals surface area contributed by atoms with Gasteiger partial charge in [-0.25, -0.2) is 4.98 Å². The molecule has 5 heteroatoms. The fourth-order valence-corrected chi connectivity index (χ4v) is 2.90. The molecule has 1 fully saturated rings. The summed E-state index contributed by atoms with van der Waals surface area (Å²) in [4.78, 5) is 8.68. The number of nitrogens with zero attached hydrogens (tertiary/aromatic N) is 3. The fourth-order valence-electron chi connectivity index (χ4n) is 2.51. The molecule has 2 heterocycles. The number of pyridine rings is 1. The summed E-state index contributed by atoms with van der Waals surface area (Å²) >= 11 is 12.5. The van der Waals surface area contributed by atoms with Crippen molar-refractivity contribution in [3.63, 3.8) is 0 Å². The van der Waals surface area contributed by atoms with Gasteiger partial charge in [-0.15, -0.1) is 11.6 Å². The Morgan fingerprint density at radius 1 is 1.44 bits per heavy atom. The number of rotatable bonds is 2. The minimum Gasteiger partial charge on any atom is -0.322 e. The van der Waals surface area contributed by atoms with Crippen LogP contribution in [0.15, 0.2) is 12.4 Å². The van der Waals surface area contributed by atoms with Crippen LogP contribution in [0.25, 0.3) is 11.0 Å². The van der Waals surface area contributed by atoms with Crippen LogP contribution in [-0.2, 0) is 0 Å². The van der Waals surface area contributed by atoms with Crippen LogP contribution in [-0.4, -0.2) is 14.5 Å². The van der Waals surface area contributed by atoms with Crippen LogP contribution in [0.4, 0.5) is 0 Å². The van der Waals surface area contributed by atoms with E-state index >= 15 is 0 Å². The number of imidazole rings is 1. The van der Waals surface area contributed by atoms with E-state index in [-0.39, 0.29) is 5.38 Å². The highest BCUT2D eigenvalue weighted by Crippen LogP contribution is 2.57. The van der Waals surface area contributed by atoms with Crippen molar-refractivity contribution in [1.82, 2.24) is 14.5 Å². The summed E-state index contributed by atoms with van der Waals surface area (Å²) in [7, 11) is 0. The van der Waals surface area contributed by atoms with Gasteiger partial charge in [0.05, 0.1) is 22.1 Å². The normalized spacial score (nSPS) is 23.3. The van der Waals surface area contributed by atoms with Crippen LogP contribution in [0.1, 0.15) is 44.4 Å². The van der Waals surface area contributed by atoms with Crippen LogP contribution >= 0.6 is 23.2 Å². The Labute approximate surface area is 116 Å². The third kappa shape index (κ3) is 1.72. The van der Waals surface area contributed by atoms with Gasteiger partial charge >= 0.3 is 0 Å². The Balaban J connectivity index is 2.29. The average molecular weight is 284 g/mol. The Hall–Kier alpha value is -0.800. The molecule has 18 heavy (non-hydrogen) atoms. The maximum absolute atomic E-state index is 6.28. The molecule has 2 atom stereocenters. The summed E-state index contributed by atoms with van der Waals surface area (Å²) in [5, 5.41) is 0.510. The maximum atomic E-state index is 6.28. The zero-order valence-electron chi connectivity index (χ0n) is 10.6. The van der Waals surface area contributed by atoms with Gasteiger partial charge in [0.15, 0.2) is 0 Å². The van der Waals surface area contributed by atoms with E-state index in [4.69, 9.17) is 23.2 Å². The van der Waals surface area contributed by atoms with E-state index < -0.39 is 0 Å². The second kappa shape index (κ2) is 3.84. The molecular weight excluding hydrogens is 269 g/mol. The molecule has 0 saturated heterocycles. The molecule has 1 saturated carbocycles. The largest absolute Gasteiger partial charge is 0.322 e. The van der Waals surface area contributed by atoms with Crippen molar-refractivity contribution in [1.29, 1.82) is 0 Å². The predicted molar refractivity (Wildman–Crippen MR) is 74.2 cm³/mol. The maximum Gasteiger partial charge on any atom is 0.128 e. The van der Waals surface area contributed by atoms with Gasteiger partial charge in [-0.3, -0.25) is 4.98 Å². The van der Waals surface area contributed by atoms with E-state index in [2.05, 4.69) is 28.4 Å². The molecule has 0 N–H and O–H groups in total. The van der Waals surface area contributed by atoms with Gasteiger partial charge in [-0.2, -0.15) is 0 Å². The van der Waals surface area contributed by atoms with E-state index in [9.17, 15) is 0 Å². The van der Waals surface area contributed by atoms with Crippen molar-refractivity contribution >= 4 is 34.2 Å². The molecular formula is C13H15Cl2N3. The minimum atomic E-state index is -0.134. The molecule has 0 amide bonds. The van der Waals surface area contributed by atoms with Crippen molar-refractivity contribution in [2.75, 3.05) is 0 Å². The van der Waals surface area contributed by atoms with E-state index in [0.717, 1.165) is 23.3 Å². The molecule has 3 nitrogen and oxygen atoms in total. The van der Waals surface area contributed by atoms with E-state index in [1.807, 2.05) is 6.92 Å². The summed E-state index contributed by atoms with van der Waals surface area (Å²) in [6, 6.07) is 0.429. The summed E-state index contributed by atoms with van der Waals surface area (Å²) in [6.07, 6.45) is 4.55. The lowest BCUT2D eigenvalue weighted by atomic mass is 10.2. The number of halogens is 2. The standard InChI is InChI=1S/C13H15Cl2N3/c1-7(14)12-17-9-6-16-5-8(15)11(9)18(12)10-4-13(10,2)3/h5-7,10H,4H2,1-3H3. The number of hydrogen-bond donors (Lipinski definition) is 0. The summed E-state index contributed by atoms with van der Waals surface area (Å²) < 4.78 is 2.21. The lowest BCUT2D eigenvalue weighted by Gasteiger charge is -2.12. The Morgan fingerprint density at radius 3 is 2.67 bits per heavy atom. The zero-order chi connectivity index (χ0) is 13.1. The van der Waals surface area contributed by atoms with Crippen molar-refractivity contribution in [2.24, 2.45) is 5.41 Å². The van der Waals surface area contributed by atoms with Gasteiger partial charge in [-0.1, -0.05) is 25.4 Å². The summed E-state index contributed by atoms with van der Waals surface area (Å²) in [5.74, 6) is 0.886. The highest BCUT2D eigenvalue weighted by atomic mass is 35.5. The third-order valence-corrected chi connectivity index (χ3v) is 4.18. The third-order valence-electron chi connectivity index (χ3n) is 3.71. The number of alkyl halides is 1. The predicted octanol–water partition coefficient (Wildman–Crippen LogP) is 4.36. The molecule has 96 valence electrons. The van der Waals surface area contributed by atoms with E-state index in [0.29, 0.717) is 16.5 Å². The van der Waals surface area contributed by atoms with Gasteiger partial charge in [0.2, 0.25) is 0 Å². The molecule has 1 aliphatic carbocycles. The van der Waals surface area contributed by atoms with Gasteiger partial charge in [0, 0.05) is 12.2 Å². The lowest BCUT2D eigenvalue weighted by Crippen LogP contribution is -2.06. The Morgan fingerprint density at radius 2 is 2.11 bits per heavy atom. The molecule has 1 aliphatic rings. The first-order valence-electron chi connectivity index (χ1n) is 6.07. The molecule has 2 aromatic rings. The van der Waals surface area contributed by atoms with Crippen LogP contribution in [0.2, 0.25) is 5.02 Å². The van der Waals surface area contributed by atoms with Gasteiger partial charge in [-0.05, 0) is 18.8 Å². The first kappa shape index (κ1) is 12.2. The van der Waals surface area contributed by atoms with Crippen LogP contribution in [0, 0.1) is 5.41 Å².